The number of hydrogen-bond donors (Lipinski definition) is 2. The van der Waals surface area contributed by atoms with E-state index in [2.05, 4.69) is 36.6 Å². The normalized spacial score (nSPS) is 9.17. The van der Waals surface area contributed by atoms with Gasteiger partial charge < -0.3 is 0 Å². The van der Waals surface area contributed by atoms with Gasteiger partial charge in [0.25, 0.3) is 0 Å². The van der Waals surface area contributed by atoms with Crippen molar-refractivity contribution in [1.82, 2.24) is 5.43 Å². The molecule has 0 aromatic heterocycles. The third-order valence-corrected chi connectivity index (χ3v) is 1.80. The van der Waals surface area contributed by atoms with Gasteiger partial charge in [0.15, 0.2) is 0 Å². The number of hydrogen-bond acceptors (Lipinski definition) is 2. The van der Waals surface area contributed by atoms with Crippen LogP contribution in [0.3, 0.4) is 0 Å². The highest BCUT2D eigenvalue weighted by Gasteiger charge is 1.93. The largest absolute Gasteiger partial charge is 0.271 e. The second kappa shape index (κ2) is 6.00. The molecule has 1 aromatic carbocycles. The molecule has 0 heterocycles. The lowest BCUT2D eigenvalue weighted by Crippen LogP contribution is -2.24. The minimum Gasteiger partial charge on any atom is -0.271 e. The van der Waals surface area contributed by atoms with Gasteiger partial charge in [0.2, 0.25) is 0 Å². The van der Waals surface area contributed by atoms with Gasteiger partial charge in [-0.15, -0.1) is 12.4 Å². The van der Waals surface area contributed by atoms with Crippen LogP contribution in [0.25, 0.3) is 0 Å². The van der Waals surface area contributed by atoms with E-state index in [1.807, 2.05) is 0 Å². The number of hydrazine groups is 1. The molecule has 0 spiro atoms. The summed E-state index contributed by atoms with van der Waals surface area (Å²) in [6.07, 6.45) is 1.00. The first-order valence-electron chi connectivity index (χ1n) is 3.82. The molecule has 3 N–H and O–H groups in total. The number of aryl methyl sites for hydroxylation is 1. The summed E-state index contributed by atoms with van der Waals surface area (Å²) in [7, 11) is 0. The molecule has 0 unspecified atom stereocenters. The molecule has 1 aromatic rings. The number of halogens is 1. The van der Waals surface area contributed by atoms with Crippen molar-refractivity contribution in [2.24, 2.45) is 5.84 Å². The Balaban J connectivity index is 0.00000121. The number of nitrogens with one attached hydrogen (secondary N) is 1. The first-order valence-corrected chi connectivity index (χ1v) is 3.82. The van der Waals surface area contributed by atoms with Crippen molar-refractivity contribution in [2.45, 2.75) is 13.3 Å². The Morgan fingerprint density at radius 1 is 1.33 bits per heavy atom. The van der Waals surface area contributed by atoms with E-state index in [9.17, 15) is 0 Å². The van der Waals surface area contributed by atoms with Crippen LogP contribution < -0.4 is 11.3 Å². The van der Waals surface area contributed by atoms with E-state index in [0.717, 1.165) is 13.0 Å². The quantitative estimate of drug-likeness (QED) is 0.554. The van der Waals surface area contributed by atoms with Crippen molar-refractivity contribution in [1.29, 1.82) is 0 Å². The predicted octanol–water partition coefficient (Wildman–Crippen LogP) is 1.42. The van der Waals surface area contributed by atoms with Crippen LogP contribution in [0.4, 0.5) is 0 Å². The Morgan fingerprint density at radius 3 is 2.58 bits per heavy atom. The number of rotatable bonds is 3. The molecule has 0 aliphatic carbocycles. The SMILES string of the molecule is Cc1ccccc1CCNN.Cl. The Labute approximate surface area is 79.5 Å². The van der Waals surface area contributed by atoms with Gasteiger partial charge in [-0.3, -0.25) is 11.3 Å². The molecule has 68 valence electrons. The fourth-order valence-electron chi connectivity index (χ4n) is 1.10. The lowest BCUT2D eigenvalue weighted by molar-refractivity contribution is 0.726. The zero-order chi connectivity index (χ0) is 8.10. The summed E-state index contributed by atoms with van der Waals surface area (Å²) in [4.78, 5) is 0. The van der Waals surface area contributed by atoms with Crippen LogP contribution >= 0.6 is 12.4 Å². The van der Waals surface area contributed by atoms with Gasteiger partial charge in [-0.05, 0) is 24.5 Å². The maximum Gasteiger partial charge on any atom is 0.0138 e. The molecule has 0 bridgehead atoms. The monoisotopic (exact) mass is 186 g/mol. The second-order valence-electron chi connectivity index (χ2n) is 2.63. The van der Waals surface area contributed by atoms with Crippen LogP contribution in [-0.2, 0) is 6.42 Å². The summed E-state index contributed by atoms with van der Waals surface area (Å²) in [5.74, 6) is 5.18. The standard InChI is InChI=1S/C9H14N2.ClH/c1-8-4-2-3-5-9(8)6-7-11-10;/h2-5,11H,6-7,10H2,1H3;1H. The lowest BCUT2D eigenvalue weighted by Gasteiger charge is -2.03. The number of nitrogens with two attached hydrogens (primary N) is 1. The van der Waals surface area contributed by atoms with Gasteiger partial charge in [-0.25, -0.2) is 0 Å². The number of benzene rings is 1. The predicted molar refractivity (Wildman–Crippen MR) is 54.3 cm³/mol. The van der Waals surface area contributed by atoms with Crippen molar-refractivity contribution in [3.8, 4) is 0 Å². The van der Waals surface area contributed by atoms with Crippen molar-refractivity contribution >= 4 is 12.4 Å². The van der Waals surface area contributed by atoms with E-state index in [-0.39, 0.29) is 12.4 Å². The molecule has 0 radical (unpaired) electrons. The fraction of sp³-hybridized carbons (Fsp3) is 0.333. The molecule has 0 aliphatic rings. The maximum absolute atomic E-state index is 5.18. The maximum atomic E-state index is 5.18. The summed E-state index contributed by atoms with van der Waals surface area (Å²) in [6.45, 7) is 2.96. The minimum absolute atomic E-state index is 0. The topological polar surface area (TPSA) is 38.0 Å². The molecular weight excluding hydrogens is 172 g/mol. The van der Waals surface area contributed by atoms with Crippen LogP contribution in [0, 0.1) is 6.92 Å². The molecule has 12 heavy (non-hydrogen) atoms. The van der Waals surface area contributed by atoms with Gasteiger partial charge in [-0.1, -0.05) is 24.3 Å². The first kappa shape index (κ1) is 11.4. The smallest absolute Gasteiger partial charge is 0.0138 e. The molecule has 0 saturated carbocycles. The van der Waals surface area contributed by atoms with E-state index in [1.165, 1.54) is 11.1 Å². The highest BCUT2D eigenvalue weighted by atomic mass is 35.5. The van der Waals surface area contributed by atoms with Crippen molar-refractivity contribution in [3.05, 3.63) is 35.4 Å². The lowest BCUT2D eigenvalue weighted by atomic mass is 10.1. The molecule has 3 heteroatoms. The average molecular weight is 187 g/mol. The van der Waals surface area contributed by atoms with E-state index in [1.54, 1.807) is 0 Å². The highest BCUT2D eigenvalue weighted by molar-refractivity contribution is 5.85. The summed E-state index contributed by atoms with van der Waals surface area (Å²) >= 11 is 0. The molecular formula is C9H15ClN2. The van der Waals surface area contributed by atoms with E-state index < -0.39 is 0 Å². The summed E-state index contributed by atoms with van der Waals surface area (Å²) in [6, 6.07) is 8.35. The van der Waals surface area contributed by atoms with Crippen LogP contribution in [0.15, 0.2) is 24.3 Å². The molecule has 0 amide bonds. The molecule has 2 nitrogen and oxygen atoms in total. The zero-order valence-corrected chi connectivity index (χ0v) is 8.03. The molecule has 0 atom stereocenters. The average Bonchev–Trinajstić information content (AvgIpc) is 2.03. The summed E-state index contributed by atoms with van der Waals surface area (Å²) < 4.78 is 0. The molecule has 0 fully saturated rings. The van der Waals surface area contributed by atoms with E-state index in [4.69, 9.17) is 5.84 Å². The highest BCUT2D eigenvalue weighted by Crippen LogP contribution is 2.06. The van der Waals surface area contributed by atoms with Crippen LogP contribution in [0.2, 0.25) is 0 Å². The Kier molecular flexibility index (Phi) is 5.72. The van der Waals surface area contributed by atoms with Crippen LogP contribution in [0.1, 0.15) is 11.1 Å². The summed E-state index contributed by atoms with van der Waals surface area (Å²) in [5, 5.41) is 0. The van der Waals surface area contributed by atoms with Crippen LogP contribution in [-0.4, -0.2) is 6.54 Å². The fourth-order valence-corrected chi connectivity index (χ4v) is 1.10. The Hall–Kier alpha value is -0.570. The third kappa shape index (κ3) is 3.22. The molecule has 1 rings (SSSR count). The zero-order valence-electron chi connectivity index (χ0n) is 7.21. The van der Waals surface area contributed by atoms with Gasteiger partial charge in [0.1, 0.15) is 0 Å². The Bertz CT molecular complexity index is 226. The van der Waals surface area contributed by atoms with E-state index in [0.29, 0.717) is 0 Å². The molecule has 0 saturated heterocycles. The van der Waals surface area contributed by atoms with Crippen molar-refractivity contribution < 1.29 is 0 Å². The van der Waals surface area contributed by atoms with Gasteiger partial charge >= 0.3 is 0 Å². The minimum atomic E-state index is 0. The van der Waals surface area contributed by atoms with Gasteiger partial charge in [0, 0.05) is 6.54 Å². The van der Waals surface area contributed by atoms with Crippen molar-refractivity contribution in [3.63, 3.8) is 0 Å². The van der Waals surface area contributed by atoms with Gasteiger partial charge in [-0.2, -0.15) is 0 Å². The Morgan fingerprint density at radius 2 is 2.00 bits per heavy atom. The van der Waals surface area contributed by atoms with Gasteiger partial charge in [0.05, 0.1) is 0 Å². The first-order chi connectivity index (χ1) is 5.34. The second-order valence-corrected chi connectivity index (χ2v) is 2.63. The van der Waals surface area contributed by atoms with Crippen LogP contribution in [0.5, 0.6) is 0 Å². The van der Waals surface area contributed by atoms with E-state index >= 15 is 0 Å². The summed E-state index contributed by atoms with van der Waals surface area (Å²) in [5.41, 5.74) is 5.35. The third-order valence-electron chi connectivity index (χ3n) is 1.80. The molecule has 0 aliphatic heterocycles. The van der Waals surface area contributed by atoms with Crippen molar-refractivity contribution in [2.75, 3.05) is 6.54 Å².